The van der Waals surface area contributed by atoms with Crippen molar-refractivity contribution in [2.75, 3.05) is 5.73 Å². The second-order valence-corrected chi connectivity index (χ2v) is 4.61. The van der Waals surface area contributed by atoms with Gasteiger partial charge in [0, 0.05) is 23.8 Å². The van der Waals surface area contributed by atoms with Crippen molar-refractivity contribution in [3.05, 3.63) is 36.2 Å². The fourth-order valence-electron chi connectivity index (χ4n) is 1.34. The molecule has 0 bridgehead atoms. The van der Waals surface area contributed by atoms with E-state index in [0.29, 0.717) is 0 Å². The minimum atomic E-state index is 0.823. The van der Waals surface area contributed by atoms with Crippen molar-refractivity contribution < 1.29 is 0 Å². The zero-order chi connectivity index (χ0) is 10.8. The molecule has 78 valence electrons. The summed E-state index contributed by atoms with van der Waals surface area (Å²) in [5.41, 5.74) is 7.93. The van der Waals surface area contributed by atoms with E-state index >= 15 is 0 Å². The molecule has 1 aromatic carbocycles. The maximum atomic E-state index is 5.93. The van der Waals surface area contributed by atoms with Crippen molar-refractivity contribution in [1.29, 1.82) is 0 Å². The summed E-state index contributed by atoms with van der Waals surface area (Å²) in [5, 5.41) is 4.12. The van der Waals surface area contributed by atoms with Gasteiger partial charge in [0.15, 0.2) is 0 Å². The third kappa shape index (κ3) is 2.33. The van der Waals surface area contributed by atoms with Crippen LogP contribution in [0.3, 0.4) is 0 Å². The Labute approximate surface area is 93.3 Å². The van der Waals surface area contributed by atoms with Crippen LogP contribution < -0.4 is 5.73 Å². The van der Waals surface area contributed by atoms with Gasteiger partial charge in [-0.25, -0.2) is 0 Å². The Balaban J connectivity index is 2.24. The molecule has 0 saturated heterocycles. The van der Waals surface area contributed by atoms with Crippen molar-refractivity contribution in [3.8, 4) is 0 Å². The lowest BCUT2D eigenvalue weighted by atomic mass is 10.2. The van der Waals surface area contributed by atoms with E-state index in [4.69, 9.17) is 5.73 Å². The van der Waals surface area contributed by atoms with Crippen LogP contribution >= 0.6 is 11.8 Å². The molecule has 2 aromatic rings. The molecule has 0 amide bonds. The van der Waals surface area contributed by atoms with Crippen LogP contribution in [-0.4, -0.2) is 9.78 Å². The van der Waals surface area contributed by atoms with E-state index in [1.165, 1.54) is 5.56 Å². The van der Waals surface area contributed by atoms with Gasteiger partial charge in [-0.1, -0.05) is 17.8 Å². The third-order valence-corrected chi connectivity index (χ3v) is 3.11. The summed E-state index contributed by atoms with van der Waals surface area (Å²) in [6.07, 6.45) is 3.81. The van der Waals surface area contributed by atoms with Gasteiger partial charge in [0.05, 0.1) is 11.1 Å². The van der Waals surface area contributed by atoms with Crippen molar-refractivity contribution in [1.82, 2.24) is 9.78 Å². The lowest BCUT2D eigenvalue weighted by Crippen LogP contribution is -1.88. The molecule has 0 aliphatic heterocycles. The van der Waals surface area contributed by atoms with Crippen molar-refractivity contribution in [2.24, 2.45) is 7.05 Å². The minimum absolute atomic E-state index is 0.823. The van der Waals surface area contributed by atoms with E-state index in [-0.39, 0.29) is 0 Å². The first-order chi connectivity index (χ1) is 7.15. The topological polar surface area (TPSA) is 43.8 Å². The second-order valence-electron chi connectivity index (χ2n) is 3.49. The standard InChI is InChI=1S/C11H13N3S/c1-8-3-4-11(10(12)5-8)15-9-6-13-14(2)7-9/h3-7H,12H2,1-2H3. The quantitative estimate of drug-likeness (QED) is 0.789. The number of nitrogens with two attached hydrogens (primary N) is 1. The second kappa shape index (κ2) is 3.98. The van der Waals surface area contributed by atoms with E-state index in [1.807, 2.05) is 38.5 Å². The molecular weight excluding hydrogens is 206 g/mol. The summed E-state index contributed by atoms with van der Waals surface area (Å²) >= 11 is 1.64. The summed E-state index contributed by atoms with van der Waals surface area (Å²) in [6.45, 7) is 2.04. The monoisotopic (exact) mass is 219 g/mol. The van der Waals surface area contributed by atoms with Gasteiger partial charge >= 0.3 is 0 Å². The summed E-state index contributed by atoms with van der Waals surface area (Å²) in [7, 11) is 1.91. The lowest BCUT2D eigenvalue weighted by Gasteiger charge is -2.04. The molecule has 0 aliphatic carbocycles. The maximum absolute atomic E-state index is 5.93. The van der Waals surface area contributed by atoms with Crippen LogP contribution in [0.4, 0.5) is 5.69 Å². The Morgan fingerprint density at radius 1 is 1.40 bits per heavy atom. The smallest absolute Gasteiger partial charge is 0.0629 e. The van der Waals surface area contributed by atoms with E-state index in [0.717, 1.165) is 15.5 Å². The van der Waals surface area contributed by atoms with Gasteiger partial charge in [-0.3, -0.25) is 4.68 Å². The molecule has 0 saturated carbocycles. The van der Waals surface area contributed by atoms with Crippen molar-refractivity contribution in [2.45, 2.75) is 16.7 Å². The first-order valence-corrected chi connectivity index (χ1v) is 5.49. The van der Waals surface area contributed by atoms with Crippen LogP contribution in [0.2, 0.25) is 0 Å². The lowest BCUT2D eigenvalue weighted by molar-refractivity contribution is 0.766. The maximum Gasteiger partial charge on any atom is 0.0629 e. The van der Waals surface area contributed by atoms with Crippen LogP contribution in [0, 0.1) is 6.92 Å². The van der Waals surface area contributed by atoms with Crippen LogP contribution in [0.25, 0.3) is 0 Å². The summed E-state index contributed by atoms with van der Waals surface area (Å²) in [6, 6.07) is 6.09. The van der Waals surface area contributed by atoms with Gasteiger partial charge in [-0.05, 0) is 24.6 Å². The molecule has 0 radical (unpaired) electrons. The number of nitrogens with zero attached hydrogens (tertiary/aromatic N) is 2. The van der Waals surface area contributed by atoms with Gasteiger partial charge in [0.25, 0.3) is 0 Å². The Hall–Kier alpha value is -1.42. The average Bonchev–Trinajstić information content (AvgIpc) is 2.56. The third-order valence-electron chi connectivity index (χ3n) is 2.07. The zero-order valence-electron chi connectivity index (χ0n) is 8.77. The predicted octanol–water partition coefficient (Wildman–Crippen LogP) is 2.46. The van der Waals surface area contributed by atoms with Crippen molar-refractivity contribution >= 4 is 17.4 Å². The first-order valence-electron chi connectivity index (χ1n) is 4.68. The van der Waals surface area contributed by atoms with E-state index in [9.17, 15) is 0 Å². The molecule has 4 heteroatoms. The highest BCUT2D eigenvalue weighted by Crippen LogP contribution is 2.31. The summed E-state index contributed by atoms with van der Waals surface area (Å²) < 4.78 is 1.78. The first kappa shape index (κ1) is 10.1. The molecule has 0 aliphatic rings. The molecular formula is C11H13N3S. The Morgan fingerprint density at radius 3 is 2.80 bits per heavy atom. The number of benzene rings is 1. The Bertz CT molecular complexity index is 476. The highest BCUT2D eigenvalue weighted by molar-refractivity contribution is 7.99. The number of hydrogen-bond acceptors (Lipinski definition) is 3. The molecule has 0 atom stereocenters. The van der Waals surface area contributed by atoms with E-state index in [2.05, 4.69) is 11.2 Å². The summed E-state index contributed by atoms with van der Waals surface area (Å²) in [5.74, 6) is 0. The van der Waals surface area contributed by atoms with Crippen LogP contribution in [0.5, 0.6) is 0 Å². The molecule has 15 heavy (non-hydrogen) atoms. The minimum Gasteiger partial charge on any atom is -0.398 e. The molecule has 0 fully saturated rings. The molecule has 0 unspecified atom stereocenters. The highest BCUT2D eigenvalue weighted by Gasteiger charge is 2.03. The molecule has 0 spiro atoms. The number of aromatic nitrogens is 2. The molecule has 3 nitrogen and oxygen atoms in total. The summed E-state index contributed by atoms with van der Waals surface area (Å²) in [4.78, 5) is 2.18. The van der Waals surface area contributed by atoms with Crippen LogP contribution in [0.15, 0.2) is 40.4 Å². The predicted molar refractivity (Wildman–Crippen MR) is 62.9 cm³/mol. The molecule has 2 N–H and O–H groups in total. The SMILES string of the molecule is Cc1ccc(Sc2cnn(C)c2)c(N)c1. The Morgan fingerprint density at radius 2 is 2.20 bits per heavy atom. The largest absolute Gasteiger partial charge is 0.398 e. The number of hydrogen-bond donors (Lipinski definition) is 1. The fourth-order valence-corrected chi connectivity index (χ4v) is 2.21. The highest BCUT2D eigenvalue weighted by atomic mass is 32.2. The molecule has 1 aromatic heterocycles. The normalized spacial score (nSPS) is 10.5. The van der Waals surface area contributed by atoms with Crippen LogP contribution in [0.1, 0.15) is 5.56 Å². The number of rotatable bonds is 2. The molecule has 1 heterocycles. The number of nitrogen functional groups attached to an aromatic ring is 1. The number of aryl methyl sites for hydroxylation is 2. The van der Waals surface area contributed by atoms with Crippen LogP contribution in [-0.2, 0) is 7.05 Å². The van der Waals surface area contributed by atoms with Gasteiger partial charge in [0.2, 0.25) is 0 Å². The van der Waals surface area contributed by atoms with Crippen molar-refractivity contribution in [3.63, 3.8) is 0 Å². The zero-order valence-corrected chi connectivity index (χ0v) is 9.58. The number of anilines is 1. The van der Waals surface area contributed by atoms with Gasteiger partial charge in [0.1, 0.15) is 0 Å². The fraction of sp³-hybridized carbons (Fsp3) is 0.182. The van der Waals surface area contributed by atoms with E-state index < -0.39 is 0 Å². The van der Waals surface area contributed by atoms with Gasteiger partial charge in [-0.2, -0.15) is 5.10 Å². The Kier molecular flexibility index (Phi) is 2.68. The van der Waals surface area contributed by atoms with Gasteiger partial charge in [-0.15, -0.1) is 0 Å². The molecule has 2 rings (SSSR count). The van der Waals surface area contributed by atoms with E-state index in [1.54, 1.807) is 16.4 Å². The van der Waals surface area contributed by atoms with Gasteiger partial charge < -0.3 is 5.73 Å². The average molecular weight is 219 g/mol.